The second-order valence-corrected chi connectivity index (χ2v) is 8.20. The molecule has 3 aromatic rings. The topological polar surface area (TPSA) is 85.7 Å². The summed E-state index contributed by atoms with van der Waals surface area (Å²) in [7, 11) is 0. The van der Waals surface area contributed by atoms with E-state index >= 15 is 0 Å². The van der Waals surface area contributed by atoms with Gasteiger partial charge in [-0.25, -0.2) is 0 Å². The van der Waals surface area contributed by atoms with Crippen LogP contribution in [-0.2, 0) is 17.8 Å². The Balaban J connectivity index is 1.34. The van der Waals surface area contributed by atoms with E-state index < -0.39 is 0 Å². The van der Waals surface area contributed by atoms with Crippen LogP contribution in [-0.4, -0.2) is 39.5 Å². The molecule has 0 unspecified atom stereocenters. The van der Waals surface area contributed by atoms with Crippen molar-refractivity contribution in [1.82, 2.24) is 14.5 Å². The molecule has 28 heavy (non-hydrogen) atoms. The van der Waals surface area contributed by atoms with Crippen molar-refractivity contribution < 1.29 is 10.5 Å². The van der Waals surface area contributed by atoms with Crippen LogP contribution >= 0.6 is 0 Å². The van der Waals surface area contributed by atoms with E-state index in [4.69, 9.17) is 0 Å². The quantitative estimate of drug-likeness (QED) is 0.717. The molecule has 5 rings (SSSR count). The number of carbonyl (C=O) groups excluding carboxylic acids is 1. The van der Waals surface area contributed by atoms with Crippen LogP contribution in [0, 0.1) is 5.92 Å². The molecule has 1 amide bonds. The number of fused-ring (bicyclic) bond motifs is 5. The number of hydrogen-bond donors (Lipinski definition) is 2. The number of pyridine rings is 1. The molecule has 4 N–H and O–H groups in total. The van der Waals surface area contributed by atoms with Crippen LogP contribution < -0.4 is 11.3 Å². The predicted molar refractivity (Wildman–Crippen MR) is 107 cm³/mol. The number of aromatic nitrogens is 2. The minimum Gasteiger partial charge on any atom is -0.361 e. The summed E-state index contributed by atoms with van der Waals surface area (Å²) in [5, 5.41) is 1.16. The molecule has 1 aromatic carbocycles. The van der Waals surface area contributed by atoms with Crippen molar-refractivity contribution in [2.45, 2.75) is 31.3 Å². The highest BCUT2D eigenvalue weighted by Gasteiger charge is 2.38. The van der Waals surface area contributed by atoms with Crippen molar-refractivity contribution in [3.05, 3.63) is 70.3 Å². The zero-order valence-electron chi connectivity index (χ0n) is 15.8. The molecule has 6 heteroatoms. The van der Waals surface area contributed by atoms with Gasteiger partial charge >= 0.3 is 0 Å². The monoisotopic (exact) mass is 377 g/mol. The van der Waals surface area contributed by atoms with E-state index in [1.807, 2.05) is 46.0 Å². The zero-order chi connectivity index (χ0) is 19.3. The molecule has 1 saturated heterocycles. The second-order valence-electron chi connectivity index (χ2n) is 8.20. The maximum Gasteiger partial charge on any atom is 0.281 e. The summed E-state index contributed by atoms with van der Waals surface area (Å²) in [4.78, 5) is 30.6. The third-order valence-electron chi connectivity index (χ3n) is 6.28. The number of aromatic amines is 1. The molecule has 2 bridgehead atoms. The first-order valence-electron chi connectivity index (χ1n) is 9.97. The van der Waals surface area contributed by atoms with Crippen LogP contribution in [0.2, 0.25) is 0 Å². The summed E-state index contributed by atoms with van der Waals surface area (Å²) in [5.41, 5.74) is 7.55. The predicted octanol–water partition coefficient (Wildman–Crippen LogP) is 1.13. The first-order valence-corrected chi connectivity index (χ1v) is 9.97. The Hall–Kier alpha value is -2.86. The van der Waals surface area contributed by atoms with Gasteiger partial charge in [-0.1, -0.05) is 24.3 Å². The minimum atomic E-state index is -0.309. The van der Waals surface area contributed by atoms with Gasteiger partial charge in [-0.3, -0.25) is 9.59 Å². The van der Waals surface area contributed by atoms with Gasteiger partial charge in [0, 0.05) is 60.8 Å². The lowest BCUT2D eigenvalue weighted by Gasteiger charge is -2.43. The van der Waals surface area contributed by atoms with Crippen molar-refractivity contribution in [2.75, 3.05) is 13.1 Å². The summed E-state index contributed by atoms with van der Waals surface area (Å²) < 4.78 is 1.90. The fraction of sp³-hybridized carbons (Fsp3) is 0.364. The molecule has 6 nitrogen and oxygen atoms in total. The summed E-state index contributed by atoms with van der Waals surface area (Å²) in [6.07, 6.45) is 3.67. The standard InChI is InChI=1S/C22H24N4O2/c23-18(9-15-10-24-19-5-2-1-4-17(15)19)22(28)25-11-14-8-16(13-25)20-6-3-7-21(27)26(20)12-14/h1-7,10,14,16,18,24H,8-9,11-13,23H2/p+1/t14-,16+,18-/m0/s1. The Morgan fingerprint density at radius 1 is 1.14 bits per heavy atom. The maximum absolute atomic E-state index is 13.2. The Morgan fingerprint density at radius 3 is 2.89 bits per heavy atom. The fourth-order valence-electron chi connectivity index (χ4n) is 4.99. The molecule has 0 radical (unpaired) electrons. The first-order chi connectivity index (χ1) is 13.6. The molecular formula is C22H25N4O2+. The summed E-state index contributed by atoms with van der Waals surface area (Å²) >= 11 is 0. The lowest BCUT2D eigenvalue weighted by Crippen LogP contribution is -2.69. The Labute approximate surface area is 163 Å². The van der Waals surface area contributed by atoms with Crippen molar-refractivity contribution in [3.63, 3.8) is 0 Å². The molecule has 0 saturated carbocycles. The molecule has 2 aromatic heterocycles. The molecule has 2 aliphatic heterocycles. The number of likely N-dealkylation sites (tertiary alicyclic amines) is 1. The van der Waals surface area contributed by atoms with E-state index in [0.717, 1.165) is 35.1 Å². The average molecular weight is 377 g/mol. The third-order valence-corrected chi connectivity index (χ3v) is 6.28. The Bertz CT molecular complexity index is 1100. The number of piperidine rings is 1. The maximum atomic E-state index is 13.2. The van der Waals surface area contributed by atoms with Crippen LogP contribution in [0.5, 0.6) is 0 Å². The van der Waals surface area contributed by atoms with E-state index in [1.165, 1.54) is 0 Å². The lowest BCUT2D eigenvalue weighted by molar-refractivity contribution is -0.405. The van der Waals surface area contributed by atoms with Gasteiger partial charge in [-0.05, 0) is 30.0 Å². The number of benzene rings is 1. The summed E-state index contributed by atoms with van der Waals surface area (Å²) in [5.74, 6) is 0.702. The van der Waals surface area contributed by atoms with Crippen LogP contribution in [0.1, 0.15) is 23.6 Å². The van der Waals surface area contributed by atoms with Gasteiger partial charge in [0.05, 0.1) is 0 Å². The molecule has 144 valence electrons. The van der Waals surface area contributed by atoms with Crippen molar-refractivity contribution >= 4 is 16.8 Å². The number of nitrogens with zero attached hydrogens (tertiary/aromatic N) is 2. The van der Waals surface area contributed by atoms with Gasteiger partial charge in [0.2, 0.25) is 0 Å². The number of para-hydroxylation sites is 1. The summed E-state index contributed by atoms with van der Waals surface area (Å²) in [6, 6.07) is 13.3. The normalized spacial score (nSPS) is 22.1. The van der Waals surface area contributed by atoms with E-state index in [0.29, 0.717) is 25.4 Å². The fourth-order valence-corrected chi connectivity index (χ4v) is 4.99. The molecule has 1 fully saturated rings. The van der Waals surface area contributed by atoms with Crippen molar-refractivity contribution in [3.8, 4) is 0 Å². The number of amides is 1. The number of nitrogens with one attached hydrogen (secondary N) is 1. The Kier molecular flexibility index (Phi) is 4.09. The van der Waals surface area contributed by atoms with Gasteiger partial charge in [0.1, 0.15) is 0 Å². The molecule has 2 aliphatic rings. The molecule has 4 heterocycles. The smallest absolute Gasteiger partial charge is 0.281 e. The number of carbonyl (C=O) groups is 1. The third kappa shape index (κ3) is 2.85. The van der Waals surface area contributed by atoms with Crippen molar-refractivity contribution in [2.24, 2.45) is 5.92 Å². The van der Waals surface area contributed by atoms with E-state index in [9.17, 15) is 9.59 Å². The van der Waals surface area contributed by atoms with Gasteiger partial charge in [0.25, 0.3) is 11.5 Å². The molecule has 0 aliphatic carbocycles. The average Bonchev–Trinajstić information content (AvgIpc) is 3.11. The van der Waals surface area contributed by atoms with E-state index in [1.54, 1.807) is 6.07 Å². The van der Waals surface area contributed by atoms with Gasteiger partial charge in [-0.2, -0.15) is 0 Å². The van der Waals surface area contributed by atoms with E-state index in [2.05, 4.69) is 16.8 Å². The molecular weight excluding hydrogens is 352 g/mol. The molecule has 0 spiro atoms. The number of hydrogen-bond acceptors (Lipinski definition) is 2. The van der Waals surface area contributed by atoms with Crippen LogP contribution in [0.15, 0.2) is 53.5 Å². The van der Waals surface area contributed by atoms with Crippen LogP contribution in [0.4, 0.5) is 0 Å². The number of H-pyrrole nitrogens is 1. The molecule has 3 atom stereocenters. The second kappa shape index (κ2) is 6.63. The summed E-state index contributed by atoms with van der Waals surface area (Å²) in [6.45, 7) is 2.11. The van der Waals surface area contributed by atoms with Crippen molar-refractivity contribution in [1.29, 1.82) is 0 Å². The zero-order valence-corrected chi connectivity index (χ0v) is 15.8. The van der Waals surface area contributed by atoms with Gasteiger partial charge in [-0.15, -0.1) is 0 Å². The van der Waals surface area contributed by atoms with Gasteiger partial charge < -0.3 is 20.2 Å². The van der Waals surface area contributed by atoms with Gasteiger partial charge in [0.15, 0.2) is 6.04 Å². The number of quaternary nitrogens is 1. The Morgan fingerprint density at radius 2 is 2.00 bits per heavy atom. The number of rotatable bonds is 3. The highest BCUT2D eigenvalue weighted by Crippen LogP contribution is 2.35. The van der Waals surface area contributed by atoms with Crippen LogP contribution in [0.3, 0.4) is 0 Å². The van der Waals surface area contributed by atoms with E-state index in [-0.39, 0.29) is 23.4 Å². The largest absolute Gasteiger partial charge is 0.361 e. The highest BCUT2D eigenvalue weighted by molar-refractivity contribution is 5.85. The van der Waals surface area contributed by atoms with Crippen LogP contribution in [0.25, 0.3) is 10.9 Å². The highest BCUT2D eigenvalue weighted by atomic mass is 16.2. The minimum absolute atomic E-state index is 0.0707. The SMILES string of the molecule is [NH3+][C@@H](Cc1c[nH]c2ccccc12)C(=O)N1C[C@@H]2C[C@H](C1)c1cccc(=O)n1C2. The lowest BCUT2D eigenvalue weighted by atomic mass is 9.83. The first kappa shape index (κ1) is 17.3.